The van der Waals surface area contributed by atoms with Crippen molar-refractivity contribution in [2.75, 3.05) is 7.11 Å². The molecule has 6 nitrogen and oxygen atoms in total. The van der Waals surface area contributed by atoms with E-state index < -0.39 is 29.9 Å². The Morgan fingerprint density at radius 1 is 1.30 bits per heavy atom. The second-order valence-corrected chi connectivity index (χ2v) is 7.25. The zero-order valence-corrected chi connectivity index (χ0v) is 16.1. The maximum atomic E-state index is 14.1. The number of carbonyl (C=O) groups excluding carboxylic acids is 1. The summed E-state index contributed by atoms with van der Waals surface area (Å²) in [7, 11) is 1.35. The first-order valence-electron chi connectivity index (χ1n) is 9.25. The highest BCUT2D eigenvalue weighted by Gasteiger charge is 2.50. The molecule has 1 fully saturated rings. The van der Waals surface area contributed by atoms with Crippen LogP contribution in [0.4, 0.5) is 17.6 Å². The van der Waals surface area contributed by atoms with Crippen molar-refractivity contribution >= 4 is 11.6 Å². The highest BCUT2D eigenvalue weighted by atomic mass is 19.4. The molecular weight excluding hydrogens is 404 g/mol. The van der Waals surface area contributed by atoms with Gasteiger partial charge in [-0.1, -0.05) is 0 Å². The van der Waals surface area contributed by atoms with Crippen LogP contribution in [-0.4, -0.2) is 39.6 Å². The lowest BCUT2D eigenvalue weighted by Gasteiger charge is -2.20. The molecule has 1 aliphatic rings. The predicted octanol–water partition coefficient (Wildman–Crippen LogP) is 3.92. The lowest BCUT2D eigenvalue weighted by molar-refractivity contribution is -0.158. The van der Waals surface area contributed by atoms with Crippen molar-refractivity contribution in [1.29, 1.82) is 0 Å². The van der Waals surface area contributed by atoms with Crippen LogP contribution in [0.3, 0.4) is 0 Å². The Morgan fingerprint density at radius 2 is 2.03 bits per heavy atom. The summed E-state index contributed by atoms with van der Waals surface area (Å²) in [5.74, 6) is -2.08. The second-order valence-electron chi connectivity index (χ2n) is 7.25. The maximum absolute atomic E-state index is 14.1. The molecule has 2 aromatic heterocycles. The molecule has 10 heteroatoms. The molecule has 4 rings (SSSR count). The number of amides is 1. The quantitative estimate of drug-likeness (QED) is 0.633. The number of hydrogen-bond acceptors (Lipinski definition) is 4. The van der Waals surface area contributed by atoms with E-state index in [1.54, 1.807) is 19.1 Å². The number of fused-ring (bicyclic) bond motifs is 1. The largest absolute Gasteiger partial charge is 0.494 e. The molecule has 0 bridgehead atoms. The number of aryl methyl sites for hydroxylation is 1. The van der Waals surface area contributed by atoms with Crippen molar-refractivity contribution in [3.05, 3.63) is 47.8 Å². The number of halogens is 4. The van der Waals surface area contributed by atoms with Crippen LogP contribution in [0.15, 0.2) is 30.6 Å². The Hall–Kier alpha value is -3.17. The monoisotopic (exact) mass is 422 g/mol. The molecule has 1 amide bonds. The lowest BCUT2D eigenvalue weighted by Crippen LogP contribution is -2.47. The van der Waals surface area contributed by atoms with Crippen molar-refractivity contribution in [3.63, 3.8) is 0 Å². The standard InChI is InChI=1S/C20H18F4N4O2/c1-10-7-14(12-5-6-15(30-2)13(21)8-12)26-18-16(25-9-28(10)18)19(29)27-17(11-3-4-11)20(22,23)24/h5-9,11,17H,3-4H2,1-2H3,(H,27,29). The van der Waals surface area contributed by atoms with Gasteiger partial charge in [0.2, 0.25) is 0 Å². The third kappa shape index (κ3) is 3.69. The van der Waals surface area contributed by atoms with E-state index in [1.807, 2.05) is 0 Å². The summed E-state index contributed by atoms with van der Waals surface area (Å²) in [5, 5.41) is 2.06. The Kier molecular flexibility index (Phi) is 4.87. The van der Waals surface area contributed by atoms with Gasteiger partial charge in [-0.2, -0.15) is 13.2 Å². The highest BCUT2D eigenvalue weighted by molar-refractivity contribution is 5.98. The molecule has 1 atom stereocenters. The number of rotatable bonds is 5. The molecule has 0 radical (unpaired) electrons. The summed E-state index contributed by atoms with van der Waals surface area (Å²) in [5.41, 5.74) is 1.29. The summed E-state index contributed by atoms with van der Waals surface area (Å²) in [6, 6.07) is 4.03. The van der Waals surface area contributed by atoms with Crippen molar-refractivity contribution < 1.29 is 27.1 Å². The molecular formula is C20H18F4N4O2. The van der Waals surface area contributed by atoms with E-state index in [0.717, 1.165) is 0 Å². The molecule has 3 aromatic rings. The van der Waals surface area contributed by atoms with Crippen molar-refractivity contribution in [2.24, 2.45) is 5.92 Å². The molecule has 0 saturated heterocycles. The van der Waals surface area contributed by atoms with E-state index >= 15 is 0 Å². The molecule has 1 unspecified atom stereocenters. The number of nitrogens with one attached hydrogen (secondary N) is 1. The van der Waals surface area contributed by atoms with E-state index in [2.05, 4.69) is 15.3 Å². The van der Waals surface area contributed by atoms with Crippen LogP contribution in [0.2, 0.25) is 0 Å². The molecule has 0 aliphatic heterocycles. The third-order valence-corrected chi connectivity index (χ3v) is 5.09. The Bertz CT molecular complexity index is 1120. The first-order valence-corrected chi connectivity index (χ1v) is 9.25. The number of ether oxygens (including phenoxy) is 1. The number of aromatic nitrogens is 3. The molecule has 2 heterocycles. The number of methoxy groups -OCH3 is 1. The van der Waals surface area contributed by atoms with Gasteiger partial charge in [-0.3, -0.25) is 9.20 Å². The van der Waals surface area contributed by atoms with Gasteiger partial charge in [-0.25, -0.2) is 14.4 Å². The number of imidazole rings is 1. The van der Waals surface area contributed by atoms with E-state index in [9.17, 15) is 22.4 Å². The molecule has 1 aliphatic carbocycles. The van der Waals surface area contributed by atoms with Gasteiger partial charge >= 0.3 is 6.18 Å². The minimum absolute atomic E-state index is 0.0687. The fourth-order valence-electron chi connectivity index (χ4n) is 3.36. The molecule has 1 N–H and O–H groups in total. The normalized spacial score (nSPS) is 15.3. The summed E-state index contributed by atoms with van der Waals surface area (Å²) >= 11 is 0. The summed E-state index contributed by atoms with van der Waals surface area (Å²) < 4.78 is 60.3. The van der Waals surface area contributed by atoms with E-state index in [0.29, 0.717) is 29.8 Å². The molecule has 1 saturated carbocycles. The van der Waals surface area contributed by atoms with Crippen LogP contribution in [-0.2, 0) is 0 Å². The SMILES string of the molecule is COc1ccc(-c2cc(C)n3cnc(C(=O)NC(C4CC4)C(F)(F)F)c3n2)cc1F. The number of benzene rings is 1. The maximum Gasteiger partial charge on any atom is 0.408 e. The van der Waals surface area contributed by atoms with E-state index in [-0.39, 0.29) is 17.1 Å². The summed E-state index contributed by atoms with van der Waals surface area (Å²) in [4.78, 5) is 20.9. The van der Waals surface area contributed by atoms with Gasteiger partial charge in [0.1, 0.15) is 12.4 Å². The van der Waals surface area contributed by atoms with Crippen LogP contribution < -0.4 is 10.1 Å². The third-order valence-electron chi connectivity index (χ3n) is 5.09. The van der Waals surface area contributed by atoms with Gasteiger partial charge in [0.05, 0.1) is 12.8 Å². The van der Waals surface area contributed by atoms with Crippen molar-refractivity contribution in [2.45, 2.75) is 32.0 Å². The van der Waals surface area contributed by atoms with Crippen LogP contribution in [0.25, 0.3) is 16.9 Å². The van der Waals surface area contributed by atoms with Crippen LogP contribution in [0.5, 0.6) is 5.75 Å². The summed E-state index contributed by atoms with van der Waals surface area (Å²) in [6.07, 6.45) is -2.38. The van der Waals surface area contributed by atoms with Gasteiger partial charge in [0, 0.05) is 11.3 Å². The first-order chi connectivity index (χ1) is 14.2. The average Bonchev–Trinajstić information content (AvgIpc) is 3.42. The molecule has 30 heavy (non-hydrogen) atoms. The molecule has 158 valence electrons. The minimum atomic E-state index is -4.54. The van der Waals surface area contributed by atoms with Crippen LogP contribution >= 0.6 is 0 Å². The average molecular weight is 422 g/mol. The van der Waals surface area contributed by atoms with Gasteiger partial charge in [-0.15, -0.1) is 0 Å². The topological polar surface area (TPSA) is 68.5 Å². The Morgan fingerprint density at radius 3 is 2.63 bits per heavy atom. The number of hydrogen-bond donors (Lipinski definition) is 1. The van der Waals surface area contributed by atoms with Crippen molar-refractivity contribution in [1.82, 2.24) is 19.7 Å². The zero-order chi connectivity index (χ0) is 21.6. The second kappa shape index (κ2) is 7.26. The van der Waals surface area contributed by atoms with Gasteiger partial charge < -0.3 is 10.1 Å². The lowest BCUT2D eigenvalue weighted by atomic mass is 10.1. The van der Waals surface area contributed by atoms with E-state index in [4.69, 9.17) is 4.74 Å². The number of carbonyl (C=O) groups is 1. The van der Waals surface area contributed by atoms with Crippen LogP contribution in [0, 0.1) is 18.7 Å². The van der Waals surface area contributed by atoms with Gasteiger partial charge in [0.15, 0.2) is 22.9 Å². The molecule has 1 aromatic carbocycles. The zero-order valence-electron chi connectivity index (χ0n) is 16.1. The van der Waals surface area contributed by atoms with Gasteiger partial charge in [0.25, 0.3) is 5.91 Å². The van der Waals surface area contributed by atoms with Crippen molar-refractivity contribution in [3.8, 4) is 17.0 Å². The van der Waals surface area contributed by atoms with E-state index in [1.165, 1.54) is 30.0 Å². The smallest absolute Gasteiger partial charge is 0.408 e. The highest BCUT2D eigenvalue weighted by Crippen LogP contribution is 2.40. The number of alkyl halides is 3. The van der Waals surface area contributed by atoms with Crippen LogP contribution in [0.1, 0.15) is 29.0 Å². The fourth-order valence-corrected chi connectivity index (χ4v) is 3.36. The first kappa shape index (κ1) is 20.1. The molecule has 0 spiro atoms. The fraction of sp³-hybridized carbons (Fsp3) is 0.350. The Labute approximate surface area is 168 Å². The van der Waals surface area contributed by atoms with Gasteiger partial charge in [-0.05, 0) is 49.9 Å². The minimum Gasteiger partial charge on any atom is -0.494 e. The Balaban J connectivity index is 1.72. The number of nitrogens with zero attached hydrogens (tertiary/aromatic N) is 3. The summed E-state index contributed by atoms with van der Waals surface area (Å²) in [6.45, 7) is 1.73. The predicted molar refractivity (Wildman–Crippen MR) is 99.7 cm³/mol.